The number of nitrogens with one attached hydrogen (secondary N) is 1. The molecule has 0 atom stereocenters. The molecule has 1 aromatic heterocycles. The van der Waals surface area contributed by atoms with Crippen molar-refractivity contribution < 1.29 is 31.5 Å². The van der Waals surface area contributed by atoms with E-state index in [0.29, 0.717) is 27.3 Å². The van der Waals surface area contributed by atoms with E-state index in [1.54, 1.807) is 6.07 Å². The van der Waals surface area contributed by atoms with Crippen molar-refractivity contribution in [3.8, 4) is 5.75 Å². The number of pyridine rings is 1. The number of carbonyl (C=O) groups is 1. The van der Waals surface area contributed by atoms with Crippen molar-refractivity contribution in [1.82, 2.24) is 4.98 Å². The van der Waals surface area contributed by atoms with Gasteiger partial charge in [0.1, 0.15) is 11.4 Å². The van der Waals surface area contributed by atoms with E-state index in [0.717, 1.165) is 6.07 Å². The van der Waals surface area contributed by atoms with E-state index < -0.39 is 37.6 Å². The number of thioether (sulfide) groups is 1. The molecule has 2 aromatic rings. The largest absolute Gasteiger partial charge is 0.506 e. The lowest BCUT2D eigenvalue weighted by atomic mass is 10.2. The molecule has 0 radical (unpaired) electrons. The quantitative estimate of drug-likeness (QED) is 0.487. The van der Waals surface area contributed by atoms with Crippen LogP contribution in [0.5, 0.6) is 5.75 Å². The molecule has 6 nitrogen and oxygen atoms in total. The predicted molar refractivity (Wildman–Crippen MR) is 97.6 cm³/mol. The highest BCUT2D eigenvalue weighted by atomic mass is 79.9. The van der Waals surface area contributed by atoms with Gasteiger partial charge in [-0.3, -0.25) is 4.79 Å². The van der Waals surface area contributed by atoms with Crippen molar-refractivity contribution in [2.45, 2.75) is 22.2 Å². The Balaban J connectivity index is 2.41. The molecular formula is C15H12BrF3N2O4S2. The van der Waals surface area contributed by atoms with Crippen molar-refractivity contribution in [2.24, 2.45) is 0 Å². The molecule has 0 fully saturated rings. The first-order valence-electron chi connectivity index (χ1n) is 7.21. The number of phenolic OH excluding ortho intramolecular Hbond substituents is 1. The Morgan fingerprint density at radius 3 is 2.59 bits per heavy atom. The number of halogens is 4. The third-order valence-electron chi connectivity index (χ3n) is 3.17. The van der Waals surface area contributed by atoms with Crippen molar-refractivity contribution in [2.75, 3.05) is 11.1 Å². The minimum absolute atomic E-state index is 0.0199. The lowest BCUT2D eigenvalue weighted by molar-refractivity contribution is -0.0436. The average molecular weight is 485 g/mol. The van der Waals surface area contributed by atoms with Gasteiger partial charge in [-0.15, -0.1) is 11.8 Å². The van der Waals surface area contributed by atoms with Crippen LogP contribution in [0.15, 0.2) is 44.7 Å². The van der Waals surface area contributed by atoms with Gasteiger partial charge in [-0.2, -0.15) is 13.2 Å². The highest BCUT2D eigenvalue weighted by Gasteiger charge is 2.47. The summed E-state index contributed by atoms with van der Waals surface area (Å²) in [6.07, 6.45) is 1.36. The van der Waals surface area contributed by atoms with Crippen LogP contribution < -0.4 is 5.32 Å². The van der Waals surface area contributed by atoms with E-state index in [-0.39, 0.29) is 5.69 Å². The third-order valence-corrected chi connectivity index (χ3v) is 5.99. The Morgan fingerprint density at radius 1 is 1.33 bits per heavy atom. The molecule has 1 amide bonds. The van der Waals surface area contributed by atoms with E-state index >= 15 is 0 Å². The van der Waals surface area contributed by atoms with E-state index in [2.05, 4.69) is 26.2 Å². The number of amides is 1. The minimum atomic E-state index is -5.63. The van der Waals surface area contributed by atoms with E-state index in [1.807, 2.05) is 6.92 Å². The van der Waals surface area contributed by atoms with Gasteiger partial charge in [-0.05, 0) is 45.9 Å². The zero-order valence-corrected chi connectivity index (χ0v) is 16.8. The van der Waals surface area contributed by atoms with Crippen LogP contribution in [-0.4, -0.2) is 35.7 Å². The van der Waals surface area contributed by atoms with Gasteiger partial charge in [-0.25, -0.2) is 13.4 Å². The molecule has 1 heterocycles. The van der Waals surface area contributed by atoms with Crippen molar-refractivity contribution in [1.29, 1.82) is 0 Å². The van der Waals surface area contributed by atoms with Gasteiger partial charge in [0, 0.05) is 15.6 Å². The van der Waals surface area contributed by atoms with Crippen LogP contribution in [0, 0.1) is 0 Å². The molecule has 12 heteroatoms. The van der Waals surface area contributed by atoms with Gasteiger partial charge >= 0.3 is 5.51 Å². The summed E-state index contributed by atoms with van der Waals surface area (Å²) in [6.45, 7) is 1.85. The smallest absolute Gasteiger partial charge is 0.501 e. The number of rotatable bonds is 5. The average Bonchev–Trinajstić information content (AvgIpc) is 2.56. The zero-order chi connectivity index (χ0) is 20.4. The maximum absolute atomic E-state index is 12.7. The SMILES string of the molecule is CCSc1cc(Br)cnc1C(=O)Nc1cc(S(=O)(=O)C(F)(F)F)ccc1O. The van der Waals surface area contributed by atoms with Gasteiger partial charge in [0.2, 0.25) is 0 Å². The standard InChI is InChI=1S/C15H12BrF3N2O4S2/c1-2-26-12-5-8(16)7-20-13(12)14(23)21-10-6-9(3-4-11(10)22)27(24,25)15(17,18)19/h3-7,22H,2H2,1H3,(H,21,23). The maximum Gasteiger partial charge on any atom is 0.501 e. The topological polar surface area (TPSA) is 96.4 Å². The molecule has 0 bridgehead atoms. The first-order chi connectivity index (χ1) is 12.5. The van der Waals surface area contributed by atoms with Gasteiger partial charge in [0.05, 0.1) is 10.6 Å². The number of sulfone groups is 1. The van der Waals surface area contributed by atoms with Crippen LogP contribution in [0.3, 0.4) is 0 Å². The van der Waals surface area contributed by atoms with E-state index in [4.69, 9.17) is 0 Å². The predicted octanol–water partition coefficient (Wildman–Crippen LogP) is 4.21. The fourth-order valence-corrected chi connectivity index (χ4v) is 4.03. The normalized spacial score (nSPS) is 12.0. The monoisotopic (exact) mass is 484 g/mol. The number of phenols is 1. The second-order valence-corrected chi connectivity index (χ2v) is 9.18. The number of aromatic nitrogens is 1. The lowest BCUT2D eigenvalue weighted by Gasteiger charge is -2.12. The van der Waals surface area contributed by atoms with Gasteiger partial charge in [-0.1, -0.05) is 6.92 Å². The fraction of sp³-hybridized carbons (Fsp3) is 0.200. The summed E-state index contributed by atoms with van der Waals surface area (Å²) < 4.78 is 61.7. The van der Waals surface area contributed by atoms with Crippen LogP contribution in [0.1, 0.15) is 17.4 Å². The van der Waals surface area contributed by atoms with Crippen molar-refractivity contribution >= 4 is 49.1 Å². The summed E-state index contributed by atoms with van der Waals surface area (Å²) in [5, 5.41) is 12.0. The number of carbonyl (C=O) groups excluding carboxylic acids is 1. The van der Waals surface area contributed by atoms with Crippen molar-refractivity contribution in [3.63, 3.8) is 0 Å². The molecule has 146 valence electrons. The molecule has 0 saturated carbocycles. The van der Waals surface area contributed by atoms with Crippen molar-refractivity contribution in [3.05, 3.63) is 40.6 Å². The fourth-order valence-electron chi connectivity index (χ4n) is 1.95. The summed E-state index contributed by atoms with van der Waals surface area (Å²) in [7, 11) is -5.63. The van der Waals surface area contributed by atoms with Gasteiger partial charge < -0.3 is 10.4 Å². The molecule has 0 aliphatic carbocycles. The van der Waals surface area contributed by atoms with Gasteiger partial charge in [0.15, 0.2) is 0 Å². The van der Waals surface area contributed by atoms with E-state index in [9.17, 15) is 31.5 Å². The number of hydrogen-bond acceptors (Lipinski definition) is 6. The highest BCUT2D eigenvalue weighted by molar-refractivity contribution is 9.10. The Morgan fingerprint density at radius 2 is 2.00 bits per heavy atom. The van der Waals surface area contributed by atoms with Crippen LogP contribution in [0.2, 0.25) is 0 Å². The van der Waals surface area contributed by atoms with Crippen LogP contribution >= 0.6 is 27.7 Å². The molecule has 1 aromatic carbocycles. The summed E-state index contributed by atoms with van der Waals surface area (Å²) in [5.74, 6) is -0.773. The number of aromatic hydroxyl groups is 1. The lowest BCUT2D eigenvalue weighted by Crippen LogP contribution is -2.23. The first kappa shape index (κ1) is 21.5. The Kier molecular flexibility index (Phi) is 6.43. The molecule has 0 aliphatic heterocycles. The van der Waals surface area contributed by atoms with Gasteiger partial charge in [0.25, 0.3) is 15.7 Å². The second kappa shape index (κ2) is 8.07. The second-order valence-electron chi connectivity index (χ2n) is 5.02. The summed E-state index contributed by atoms with van der Waals surface area (Å²) >= 11 is 4.53. The summed E-state index contributed by atoms with van der Waals surface area (Å²) in [5.41, 5.74) is -6.01. The van der Waals surface area contributed by atoms with Crippen LogP contribution in [0.4, 0.5) is 18.9 Å². The zero-order valence-electron chi connectivity index (χ0n) is 13.5. The van der Waals surface area contributed by atoms with Crippen LogP contribution in [0.25, 0.3) is 0 Å². The molecule has 0 spiro atoms. The van der Waals surface area contributed by atoms with Crippen LogP contribution in [-0.2, 0) is 9.84 Å². The third kappa shape index (κ3) is 4.74. The molecular weight excluding hydrogens is 473 g/mol. The first-order valence-corrected chi connectivity index (χ1v) is 10.5. The molecule has 0 saturated heterocycles. The summed E-state index contributed by atoms with van der Waals surface area (Å²) in [4.78, 5) is 15.8. The Bertz CT molecular complexity index is 982. The number of alkyl halides is 3. The Labute approximate surface area is 165 Å². The summed E-state index contributed by atoms with van der Waals surface area (Å²) in [6, 6.07) is 3.54. The number of hydrogen-bond donors (Lipinski definition) is 2. The Hall–Kier alpha value is -1.79. The maximum atomic E-state index is 12.7. The minimum Gasteiger partial charge on any atom is -0.506 e. The number of anilines is 1. The van der Waals surface area contributed by atoms with E-state index in [1.165, 1.54) is 18.0 Å². The molecule has 2 rings (SSSR count). The molecule has 0 aliphatic rings. The molecule has 0 unspecified atom stereocenters. The molecule has 27 heavy (non-hydrogen) atoms. The number of nitrogens with zero attached hydrogens (tertiary/aromatic N) is 1. The number of benzene rings is 1. The highest BCUT2D eigenvalue weighted by Crippen LogP contribution is 2.34. The molecule has 2 N–H and O–H groups in total.